The van der Waals surface area contributed by atoms with E-state index in [4.69, 9.17) is 4.74 Å². The van der Waals surface area contributed by atoms with Crippen molar-refractivity contribution >= 4 is 17.0 Å². The molecular formula is C21H28N2O3. The zero-order chi connectivity index (χ0) is 18.7. The van der Waals surface area contributed by atoms with Crippen molar-refractivity contribution in [1.82, 2.24) is 9.88 Å². The third-order valence-electron chi connectivity index (χ3n) is 5.18. The summed E-state index contributed by atoms with van der Waals surface area (Å²) in [5, 5.41) is 10.5. The minimum Gasteiger partial charge on any atom is -0.490 e. The molecule has 26 heavy (non-hydrogen) atoms. The molecule has 1 aromatic heterocycles. The van der Waals surface area contributed by atoms with Gasteiger partial charge in [0.1, 0.15) is 5.75 Å². The molecular weight excluding hydrogens is 328 g/mol. The Labute approximate surface area is 155 Å². The Bertz CT molecular complexity index is 756. The maximum atomic E-state index is 11.5. The van der Waals surface area contributed by atoms with Crippen molar-refractivity contribution in [2.24, 2.45) is 5.92 Å². The number of para-hydroxylation sites is 1. The van der Waals surface area contributed by atoms with Crippen LogP contribution in [0.15, 0.2) is 36.5 Å². The van der Waals surface area contributed by atoms with E-state index >= 15 is 0 Å². The first-order valence-corrected chi connectivity index (χ1v) is 9.35. The Balaban J connectivity index is 1.59. The highest BCUT2D eigenvalue weighted by Crippen LogP contribution is 2.32. The molecule has 1 aliphatic carbocycles. The minimum atomic E-state index is -0.834. The molecule has 0 spiro atoms. The van der Waals surface area contributed by atoms with Crippen LogP contribution in [0.2, 0.25) is 0 Å². The lowest BCUT2D eigenvalue weighted by molar-refractivity contribution is 0.0695. The Morgan fingerprint density at radius 2 is 1.88 bits per heavy atom. The zero-order valence-corrected chi connectivity index (χ0v) is 15.8. The van der Waals surface area contributed by atoms with E-state index in [-0.39, 0.29) is 11.6 Å². The molecule has 0 unspecified atom stereocenters. The molecule has 1 aliphatic rings. The number of amides is 1. The molecule has 1 fully saturated rings. The lowest BCUT2D eigenvalue weighted by Gasteiger charge is -2.38. The van der Waals surface area contributed by atoms with Crippen LogP contribution in [-0.2, 0) is 0 Å². The van der Waals surface area contributed by atoms with Crippen LogP contribution < -0.4 is 4.74 Å². The third-order valence-corrected chi connectivity index (χ3v) is 5.18. The van der Waals surface area contributed by atoms with Gasteiger partial charge in [-0.15, -0.1) is 0 Å². The molecule has 1 saturated carbocycles. The second-order valence-corrected chi connectivity index (χ2v) is 8.15. The smallest absolute Gasteiger partial charge is 0.407 e. The Morgan fingerprint density at radius 3 is 2.54 bits per heavy atom. The fraction of sp³-hybridized carbons (Fsp3) is 0.524. The van der Waals surface area contributed by atoms with Crippen molar-refractivity contribution < 1.29 is 14.6 Å². The monoisotopic (exact) mass is 356 g/mol. The maximum Gasteiger partial charge on any atom is 0.407 e. The summed E-state index contributed by atoms with van der Waals surface area (Å²) in [4.78, 5) is 17.5. The number of nitrogens with zero attached hydrogens (tertiary/aromatic N) is 2. The zero-order valence-electron chi connectivity index (χ0n) is 15.8. The maximum absolute atomic E-state index is 11.5. The highest BCUT2D eigenvalue weighted by Gasteiger charge is 2.31. The number of rotatable bonds is 4. The first-order chi connectivity index (χ1) is 12.3. The summed E-state index contributed by atoms with van der Waals surface area (Å²) in [6.07, 6.45) is 5.04. The van der Waals surface area contributed by atoms with Crippen LogP contribution in [0.3, 0.4) is 0 Å². The summed E-state index contributed by atoms with van der Waals surface area (Å²) >= 11 is 0. The number of aromatic nitrogens is 1. The topological polar surface area (TPSA) is 62.7 Å². The van der Waals surface area contributed by atoms with Gasteiger partial charge in [0.15, 0.2) is 0 Å². The van der Waals surface area contributed by atoms with Crippen molar-refractivity contribution in [2.45, 2.75) is 58.1 Å². The van der Waals surface area contributed by atoms with Crippen molar-refractivity contribution in [3.05, 3.63) is 36.5 Å². The first kappa shape index (κ1) is 18.5. The number of carbonyl (C=O) groups is 1. The first-order valence-electron chi connectivity index (χ1n) is 9.35. The van der Waals surface area contributed by atoms with E-state index in [0.717, 1.165) is 42.3 Å². The standard InChI is InChI=1S/C21H28N2O3/c1-21(2,3)23(20(24)25)14-15-8-10-16(11-9-15)26-19-12-13-22-18-7-5-4-6-17(18)19/h4-7,12-13,15-16H,8-11,14H2,1-3H3,(H,24,25)/t15-,16-. The van der Waals surface area contributed by atoms with Crippen LogP contribution in [0, 0.1) is 5.92 Å². The quantitative estimate of drug-likeness (QED) is 0.842. The van der Waals surface area contributed by atoms with Gasteiger partial charge in [-0.25, -0.2) is 4.79 Å². The number of hydrogen-bond donors (Lipinski definition) is 1. The summed E-state index contributed by atoms with van der Waals surface area (Å²) in [5.74, 6) is 1.29. The van der Waals surface area contributed by atoms with E-state index in [1.807, 2.05) is 51.1 Å². The van der Waals surface area contributed by atoms with E-state index in [1.54, 1.807) is 11.1 Å². The summed E-state index contributed by atoms with van der Waals surface area (Å²) in [5.41, 5.74) is 0.579. The molecule has 1 aromatic carbocycles. The van der Waals surface area contributed by atoms with Gasteiger partial charge in [-0.3, -0.25) is 4.98 Å². The number of fused-ring (bicyclic) bond motifs is 1. The van der Waals surface area contributed by atoms with Crippen molar-refractivity contribution in [1.29, 1.82) is 0 Å². The van der Waals surface area contributed by atoms with Gasteiger partial charge in [0.05, 0.1) is 11.6 Å². The fourth-order valence-corrected chi connectivity index (χ4v) is 3.68. The predicted molar refractivity (Wildman–Crippen MR) is 103 cm³/mol. The molecule has 3 rings (SSSR count). The molecule has 1 amide bonds. The minimum absolute atomic E-state index is 0.185. The van der Waals surface area contributed by atoms with Gasteiger partial charge in [0.2, 0.25) is 0 Å². The normalized spacial score (nSPS) is 20.7. The molecule has 5 nitrogen and oxygen atoms in total. The number of ether oxygens (including phenoxy) is 1. The lowest BCUT2D eigenvalue weighted by Crippen LogP contribution is -2.48. The SMILES string of the molecule is CC(C)(C)N(C[C@H]1CC[C@H](Oc2ccnc3ccccc23)CC1)C(=O)O. The molecule has 0 aliphatic heterocycles. The summed E-state index contributed by atoms with van der Waals surface area (Å²) in [7, 11) is 0. The number of hydrogen-bond acceptors (Lipinski definition) is 3. The van der Waals surface area contributed by atoms with Gasteiger partial charge in [-0.2, -0.15) is 0 Å². The molecule has 2 aromatic rings. The average Bonchev–Trinajstić information content (AvgIpc) is 2.60. The van der Waals surface area contributed by atoms with Gasteiger partial charge in [0.25, 0.3) is 0 Å². The van der Waals surface area contributed by atoms with E-state index in [2.05, 4.69) is 4.98 Å². The Kier molecular flexibility index (Phi) is 5.35. The van der Waals surface area contributed by atoms with Crippen LogP contribution in [-0.4, -0.2) is 39.3 Å². The molecule has 140 valence electrons. The Morgan fingerprint density at radius 1 is 1.19 bits per heavy atom. The van der Waals surface area contributed by atoms with Crippen LogP contribution in [0.4, 0.5) is 4.79 Å². The van der Waals surface area contributed by atoms with Gasteiger partial charge >= 0.3 is 6.09 Å². The number of benzene rings is 1. The lowest BCUT2D eigenvalue weighted by atomic mass is 9.86. The van der Waals surface area contributed by atoms with E-state index in [1.165, 1.54) is 0 Å². The van der Waals surface area contributed by atoms with E-state index in [0.29, 0.717) is 12.5 Å². The van der Waals surface area contributed by atoms with E-state index in [9.17, 15) is 9.90 Å². The van der Waals surface area contributed by atoms with Gasteiger partial charge in [-0.05, 0) is 70.6 Å². The van der Waals surface area contributed by atoms with Gasteiger partial charge in [0, 0.05) is 23.7 Å². The van der Waals surface area contributed by atoms with Crippen molar-refractivity contribution in [3.63, 3.8) is 0 Å². The van der Waals surface area contributed by atoms with Crippen LogP contribution in [0.25, 0.3) is 10.9 Å². The van der Waals surface area contributed by atoms with Gasteiger partial charge in [-0.1, -0.05) is 12.1 Å². The average molecular weight is 356 g/mol. The molecule has 0 saturated heterocycles. The molecule has 0 radical (unpaired) electrons. The van der Waals surface area contributed by atoms with Crippen molar-refractivity contribution in [3.8, 4) is 5.75 Å². The fourth-order valence-electron chi connectivity index (χ4n) is 3.68. The van der Waals surface area contributed by atoms with Gasteiger partial charge < -0.3 is 14.7 Å². The highest BCUT2D eigenvalue weighted by molar-refractivity contribution is 5.84. The van der Waals surface area contributed by atoms with Crippen LogP contribution >= 0.6 is 0 Å². The number of pyridine rings is 1. The summed E-state index contributed by atoms with van der Waals surface area (Å²) in [6.45, 7) is 6.45. The molecule has 0 bridgehead atoms. The second kappa shape index (κ2) is 7.52. The predicted octanol–water partition coefficient (Wildman–Crippen LogP) is 4.95. The number of carboxylic acid groups (broad SMARTS) is 1. The highest BCUT2D eigenvalue weighted by atomic mass is 16.5. The molecule has 0 atom stereocenters. The molecule has 5 heteroatoms. The van der Waals surface area contributed by atoms with Crippen LogP contribution in [0.1, 0.15) is 46.5 Å². The Hall–Kier alpha value is -2.30. The third kappa shape index (κ3) is 4.26. The largest absolute Gasteiger partial charge is 0.490 e. The summed E-state index contributed by atoms with van der Waals surface area (Å²) < 4.78 is 6.27. The van der Waals surface area contributed by atoms with E-state index < -0.39 is 6.09 Å². The van der Waals surface area contributed by atoms with Crippen LogP contribution in [0.5, 0.6) is 5.75 Å². The van der Waals surface area contributed by atoms with Crippen molar-refractivity contribution in [2.75, 3.05) is 6.54 Å². The molecule has 1 heterocycles. The second-order valence-electron chi connectivity index (χ2n) is 8.15. The molecule has 1 N–H and O–H groups in total. The summed E-state index contributed by atoms with van der Waals surface area (Å²) in [6, 6.07) is 9.94.